The second-order valence-corrected chi connectivity index (χ2v) is 7.22. The van der Waals surface area contributed by atoms with Crippen molar-refractivity contribution in [1.82, 2.24) is 5.32 Å². The van der Waals surface area contributed by atoms with E-state index in [4.69, 9.17) is 28.9 Å². The van der Waals surface area contributed by atoms with E-state index >= 15 is 0 Å². The van der Waals surface area contributed by atoms with Crippen molar-refractivity contribution in [2.24, 2.45) is 11.7 Å². The van der Waals surface area contributed by atoms with Crippen LogP contribution >= 0.6 is 35.6 Å². The molecule has 0 bridgehead atoms. The van der Waals surface area contributed by atoms with Gasteiger partial charge in [-0.05, 0) is 61.2 Å². The normalized spacial score (nSPS) is 14.0. The molecule has 5 nitrogen and oxygen atoms in total. The first kappa shape index (κ1) is 21.5. The first-order chi connectivity index (χ1) is 12.5. The molecule has 1 unspecified atom stereocenters. The summed E-state index contributed by atoms with van der Waals surface area (Å²) >= 11 is 11.8. The molecular weight excluding hydrogens is 409 g/mol. The fourth-order valence-electron chi connectivity index (χ4n) is 2.71. The van der Waals surface area contributed by atoms with Crippen LogP contribution in [-0.2, 0) is 0 Å². The van der Waals surface area contributed by atoms with E-state index in [2.05, 4.69) is 10.6 Å². The maximum Gasteiger partial charge on any atom is 0.255 e. The van der Waals surface area contributed by atoms with Crippen LogP contribution < -0.4 is 16.4 Å². The van der Waals surface area contributed by atoms with Crippen LogP contribution in [-0.4, -0.2) is 24.4 Å². The van der Waals surface area contributed by atoms with Crippen LogP contribution in [0.15, 0.2) is 42.5 Å². The zero-order valence-corrected chi connectivity index (χ0v) is 16.7. The smallest absolute Gasteiger partial charge is 0.255 e. The number of benzene rings is 2. The van der Waals surface area contributed by atoms with E-state index in [0.29, 0.717) is 39.3 Å². The quantitative estimate of drug-likeness (QED) is 0.646. The van der Waals surface area contributed by atoms with Crippen molar-refractivity contribution in [3.8, 4) is 0 Å². The summed E-state index contributed by atoms with van der Waals surface area (Å²) in [6.07, 6.45) is 2.22. The molecule has 1 saturated carbocycles. The van der Waals surface area contributed by atoms with Crippen molar-refractivity contribution in [3.05, 3.63) is 63.6 Å². The molecule has 2 aromatic carbocycles. The predicted molar refractivity (Wildman–Crippen MR) is 111 cm³/mol. The molecule has 0 radical (unpaired) electrons. The SMILES string of the molecule is Cl.NCC(NC(=O)c1ccc(NC(=O)c2cc(Cl)cc(Cl)c2)cc1)C1CC1. The third kappa shape index (κ3) is 5.84. The highest BCUT2D eigenvalue weighted by atomic mass is 35.5. The number of anilines is 1. The Labute approximate surface area is 174 Å². The van der Waals surface area contributed by atoms with Crippen LogP contribution in [0.1, 0.15) is 33.6 Å². The van der Waals surface area contributed by atoms with Crippen LogP contribution in [0.4, 0.5) is 5.69 Å². The Morgan fingerprint density at radius 1 is 1.00 bits per heavy atom. The van der Waals surface area contributed by atoms with Gasteiger partial charge < -0.3 is 16.4 Å². The monoisotopic (exact) mass is 427 g/mol. The molecule has 0 aliphatic heterocycles. The number of nitrogens with two attached hydrogens (primary N) is 1. The van der Waals surface area contributed by atoms with Gasteiger partial charge in [0.05, 0.1) is 0 Å². The van der Waals surface area contributed by atoms with Crippen molar-refractivity contribution in [3.63, 3.8) is 0 Å². The van der Waals surface area contributed by atoms with Gasteiger partial charge in [-0.3, -0.25) is 9.59 Å². The zero-order chi connectivity index (χ0) is 18.7. The van der Waals surface area contributed by atoms with Gasteiger partial charge in [0.15, 0.2) is 0 Å². The zero-order valence-electron chi connectivity index (χ0n) is 14.4. The average Bonchev–Trinajstić information content (AvgIpc) is 3.44. The molecule has 1 aliphatic rings. The summed E-state index contributed by atoms with van der Waals surface area (Å²) in [5, 5.41) is 6.49. The fourth-order valence-corrected chi connectivity index (χ4v) is 3.24. The Balaban J connectivity index is 0.00000261. The summed E-state index contributed by atoms with van der Waals surface area (Å²) in [5.74, 6) is 0.00223. The van der Waals surface area contributed by atoms with Crippen molar-refractivity contribution in [1.29, 1.82) is 0 Å². The summed E-state index contributed by atoms with van der Waals surface area (Å²) in [6, 6.07) is 11.3. The van der Waals surface area contributed by atoms with Gasteiger partial charge in [-0.25, -0.2) is 0 Å². The average molecular weight is 429 g/mol. The maximum atomic E-state index is 12.3. The lowest BCUT2D eigenvalue weighted by atomic mass is 10.1. The molecule has 0 aromatic heterocycles. The van der Waals surface area contributed by atoms with E-state index in [9.17, 15) is 9.59 Å². The summed E-state index contributed by atoms with van der Waals surface area (Å²) in [4.78, 5) is 24.6. The number of nitrogens with one attached hydrogen (secondary N) is 2. The molecule has 27 heavy (non-hydrogen) atoms. The number of amides is 2. The summed E-state index contributed by atoms with van der Waals surface area (Å²) in [5.41, 5.74) is 7.17. The van der Waals surface area contributed by atoms with Crippen LogP contribution in [0.5, 0.6) is 0 Å². The molecular formula is C19H20Cl3N3O2. The second kappa shape index (κ2) is 9.42. The van der Waals surface area contributed by atoms with Crippen LogP contribution in [0, 0.1) is 5.92 Å². The Kier molecular flexibility index (Phi) is 7.50. The molecule has 0 saturated heterocycles. The van der Waals surface area contributed by atoms with E-state index in [1.165, 1.54) is 12.1 Å². The molecule has 2 aromatic rings. The first-order valence-corrected chi connectivity index (χ1v) is 9.10. The molecule has 1 fully saturated rings. The molecule has 144 valence electrons. The minimum atomic E-state index is -0.330. The van der Waals surface area contributed by atoms with Crippen LogP contribution in [0.25, 0.3) is 0 Å². The Hall–Kier alpha value is -1.79. The summed E-state index contributed by atoms with van der Waals surface area (Å²) in [6.45, 7) is 0.437. The minimum absolute atomic E-state index is 0. The fraction of sp³-hybridized carbons (Fsp3) is 0.263. The third-order valence-corrected chi connectivity index (χ3v) is 4.73. The van der Waals surface area contributed by atoms with E-state index in [1.54, 1.807) is 30.3 Å². The van der Waals surface area contributed by atoms with E-state index in [1.807, 2.05) is 0 Å². The first-order valence-electron chi connectivity index (χ1n) is 8.34. The van der Waals surface area contributed by atoms with Crippen molar-refractivity contribution >= 4 is 53.1 Å². The van der Waals surface area contributed by atoms with Crippen molar-refractivity contribution in [2.45, 2.75) is 18.9 Å². The lowest BCUT2D eigenvalue weighted by Gasteiger charge is -2.16. The van der Waals surface area contributed by atoms with Gasteiger partial charge in [0, 0.05) is 39.4 Å². The third-order valence-electron chi connectivity index (χ3n) is 4.29. The topological polar surface area (TPSA) is 84.2 Å². The molecule has 0 heterocycles. The predicted octanol–water partition coefficient (Wildman–Crippen LogP) is 4.13. The Morgan fingerprint density at radius 2 is 1.59 bits per heavy atom. The van der Waals surface area contributed by atoms with Crippen LogP contribution in [0.2, 0.25) is 10.0 Å². The highest BCUT2D eigenvalue weighted by molar-refractivity contribution is 6.35. The maximum absolute atomic E-state index is 12.3. The second-order valence-electron chi connectivity index (χ2n) is 6.34. The summed E-state index contributed by atoms with van der Waals surface area (Å²) < 4.78 is 0. The number of hydrogen-bond donors (Lipinski definition) is 3. The minimum Gasteiger partial charge on any atom is -0.348 e. The van der Waals surface area contributed by atoms with Crippen molar-refractivity contribution < 1.29 is 9.59 Å². The standard InChI is InChI=1S/C19H19Cl2N3O2.ClH/c20-14-7-13(8-15(21)9-14)19(26)23-16-5-3-12(4-6-16)18(25)24-17(10-22)11-1-2-11;/h3-9,11,17H,1-2,10,22H2,(H,23,26)(H,24,25);1H. The van der Waals surface area contributed by atoms with Gasteiger partial charge >= 0.3 is 0 Å². The molecule has 2 amide bonds. The van der Waals surface area contributed by atoms with Gasteiger partial charge in [0.25, 0.3) is 11.8 Å². The summed E-state index contributed by atoms with van der Waals surface area (Å²) in [7, 11) is 0. The molecule has 8 heteroatoms. The number of halogens is 3. The number of carbonyl (C=O) groups is 2. The Bertz CT molecular complexity index is 803. The molecule has 4 N–H and O–H groups in total. The highest BCUT2D eigenvalue weighted by Crippen LogP contribution is 2.32. The number of rotatable bonds is 6. The van der Waals surface area contributed by atoms with Gasteiger partial charge in [-0.15, -0.1) is 12.4 Å². The van der Waals surface area contributed by atoms with Gasteiger partial charge in [-0.1, -0.05) is 23.2 Å². The largest absolute Gasteiger partial charge is 0.348 e. The van der Waals surface area contributed by atoms with Crippen LogP contribution in [0.3, 0.4) is 0 Å². The van der Waals surface area contributed by atoms with E-state index < -0.39 is 0 Å². The molecule has 1 aliphatic carbocycles. The van der Waals surface area contributed by atoms with Crippen molar-refractivity contribution in [2.75, 3.05) is 11.9 Å². The lowest BCUT2D eigenvalue weighted by Crippen LogP contribution is -2.41. The molecule has 3 rings (SSSR count). The highest BCUT2D eigenvalue weighted by Gasteiger charge is 2.31. The van der Waals surface area contributed by atoms with E-state index in [0.717, 1.165) is 12.8 Å². The van der Waals surface area contributed by atoms with E-state index in [-0.39, 0.29) is 30.3 Å². The molecule has 1 atom stereocenters. The molecule has 0 spiro atoms. The van der Waals surface area contributed by atoms with Gasteiger partial charge in [0.1, 0.15) is 0 Å². The van der Waals surface area contributed by atoms with Gasteiger partial charge in [0.2, 0.25) is 0 Å². The Morgan fingerprint density at radius 3 is 2.11 bits per heavy atom. The number of hydrogen-bond acceptors (Lipinski definition) is 3. The lowest BCUT2D eigenvalue weighted by molar-refractivity contribution is 0.0933. The van der Waals surface area contributed by atoms with Gasteiger partial charge in [-0.2, -0.15) is 0 Å². The number of carbonyl (C=O) groups excluding carboxylic acids is 2.